The maximum Gasteiger partial charge on any atom is 0.437 e. The zero-order chi connectivity index (χ0) is 19.2. The molecular weight excluding hydrogens is 370 g/mol. The highest BCUT2D eigenvalue weighted by Crippen LogP contribution is 2.29. The first-order valence-electron chi connectivity index (χ1n) is 8.42. The van der Waals surface area contributed by atoms with Crippen molar-refractivity contribution in [1.82, 2.24) is 9.78 Å². The van der Waals surface area contributed by atoms with Gasteiger partial charge in [-0.15, -0.1) is 16.4 Å². The quantitative estimate of drug-likeness (QED) is 0.636. The van der Waals surface area contributed by atoms with Crippen molar-refractivity contribution in [2.24, 2.45) is 0 Å². The second-order valence-corrected chi connectivity index (χ2v) is 6.33. The summed E-state index contributed by atoms with van der Waals surface area (Å²) in [5, 5.41) is 8.65. The Kier molecular flexibility index (Phi) is 5.92. The van der Waals surface area contributed by atoms with E-state index in [4.69, 9.17) is 13.9 Å². The zero-order valence-corrected chi connectivity index (χ0v) is 15.7. The van der Waals surface area contributed by atoms with Crippen molar-refractivity contribution < 1.29 is 18.7 Å². The summed E-state index contributed by atoms with van der Waals surface area (Å²) < 4.78 is 17.1. The topological polar surface area (TPSA) is 95.6 Å². The molecule has 2 aromatic heterocycles. The molecule has 0 radical (unpaired) electrons. The molecule has 3 rings (SSSR count). The monoisotopic (exact) mass is 389 g/mol. The van der Waals surface area contributed by atoms with Gasteiger partial charge in [0.25, 0.3) is 5.89 Å². The molecule has 8 nitrogen and oxygen atoms in total. The number of hydrogen-bond acceptors (Lipinski definition) is 7. The lowest BCUT2D eigenvalue weighted by Crippen LogP contribution is -2.26. The molecule has 2 heterocycles. The largest absolute Gasteiger partial charge is 0.494 e. The van der Waals surface area contributed by atoms with Crippen molar-refractivity contribution in [1.29, 1.82) is 0 Å². The third-order valence-electron chi connectivity index (χ3n) is 3.47. The Labute approximate surface area is 159 Å². The van der Waals surface area contributed by atoms with Gasteiger partial charge in [0.05, 0.1) is 23.8 Å². The number of aromatic nitrogens is 2. The lowest BCUT2D eigenvalue weighted by molar-refractivity contribution is -0.117. The number of amides is 1. The summed E-state index contributed by atoms with van der Waals surface area (Å²) >= 11 is 1.39. The van der Waals surface area contributed by atoms with Gasteiger partial charge < -0.3 is 19.2 Å². The van der Waals surface area contributed by atoms with Crippen molar-refractivity contribution in [2.45, 2.75) is 20.4 Å². The molecule has 0 fully saturated rings. The van der Waals surface area contributed by atoms with Crippen LogP contribution in [0.5, 0.6) is 11.5 Å². The third-order valence-corrected chi connectivity index (χ3v) is 4.33. The van der Waals surface area contributed by atoms with Gasteiger partial charge in [0.2, 0.25) is 5.91 Å². The van der Waals surface area contributed by atoms with Crippen LogP contribution in [0.1, 0.15) is 13.8 Å². The summed E-state index contributed by atoms with van der Waals surface area (Å²) in [6, 6.07) is 8.77. The number of nitrogens with one attached hydrogen (secondary N) is 1. The minimum Gasteiger partial charge on any atom is -0.494 e. The fraction of sp³-hybridized carbons (Fsp3) is 0.278. The van der Waals surface area contributed by atoms with Crippen LogP contribution in [0.2, 0.25) is 0 Å². The molecule has 3 aromatic rings. The third kappa shape index (κ3) is 4.56. The number of anilines is 1. The SMILES string of the molecule is CCOc1ccc(OCC)c(NC(=O)Cn2nc(-c3cccs3)oc2=O)c1. The normalized spacial score (nSPS) is 10.6. The van der Waals surface area contributed by atoms with Crippen molar-refractivity contribution >= 4 is 22.9 Å². The van der Waals surface area contributed by atoms with Crippen molar-refractivity contribution in [3.8, 4) is 22.3 Å². The number of benzene rings is 1. The van der Waals surface area contributed by atoms with E-state index in [0.29, 0.717) is 35.3 Å². The summed E-state index contributed by atoms with van der Waals surface area (Å²) in [5.74, 6) is 0.187. The van der Waals surface area contributed by atoms with Crippen LogP contribution in [0.25, 0.3) is 10.8 Å². The van der Waals surface area contributed by atoms with E-state index in [9.17, 15) is 9.59 Å². The standard InChI is InChI=1S/C18H19N3O5S/c1-3-24-12-7-8-14(25-4-2)13(10-12)19-16(22)11-21-18(23)26-17(20-21)15-6-5-9-27-15/h5-10H,3-4,11H2,1-2H3,(H,19,22). The zero-order valence-electron chi connectivity index (χ0n) is 14.9. The molecule has 142 valence electrons. The number of carbonyl (C=O) groups excluding carboxylic acids is 1. The first-order chi connectivity index (χ1) is 13.1. The van der Waals surface area contributed by atoms with E-state index in [2.05, 4.69) is 10.4 Å². The highest BCUT2D eigenvalue weighted by Gasteiger charge is 2.15. The Bertz CT molecular complexity index is 962. The number of carbonyl (C=O) groups is 1. The van der Waals surface area contributed by atoms with Crippen LogP contribution < -0.4 is 20.5 Å². The van der Waals surface area contributed by atoms with E-state index >= 15 is 0 Å². The van der Waals surface area contributed by atoms with Crippen LogP contribution in [0.4, 0.5) is 5.69 Å². The molecule has 1 amide bonds. The molecule has 0 saturated carbocycles. The Morgan fingerprint density at radius 1 is 1.26 bits per heavy atom. The van der Waals surface area contributed by atoms with Crippen molar-refractivity contribution in [2.75, 3.05) is 18.5 Å². The van der Waals surface area contributed by atoms with Gasteiger partial charge in [-0.2, -0.15) is 4.68 Å². The van der Waals surface area contributed by atoms with Crippen molar-refractivity contribution in [3.63, 3.8) is 0 Å². The minimum absolute atomic E-state index is 0.191. The smallest absolute Gasteiger partial charge is 0.437 e. The number of nitrogens with zero attached hydrogens (tertiary/aromatic N) is 2. The lowest BCUT2D eigenvalue weighted by atomic mass is 10.2. The van der Waals surface area contributed by atoms with E-state index in [0.717, 1.165) is 4.68 Å². The lowest BCUT2D eigenvalue weighted by Gasteiger charge is -2.13. The van der Waals surface area contributed by atoms with Crippen LogP contribution in [0.3, 0.4) is 0 Å². The van der Waals surface area contributed by atoms with E-state index in [1.54, 1.807) is 24.3 Å². The summed E-state index contributed by atoms with van der Waals surface area (Å²) in [6.07, 6.45) is 0. The van der Waals surface area contributed by atoms with E-state index in [-0.39, 0.29) is 12.4 Å². The Hall–Kier alpha value is -3.07. The number of ether oxygens (including phenoxy) is 2. The molecule has 0 aliphatic carbocycles. The number of thiophene rings is 1. The number of hydrogen-bond donors (Lipinski definition) is 1. The van der Waals surface area contributed by atoms with Crippen LogP contribution in [0.15, 0.2) is 44.9 Å². The molecule has 0 aliphatic heterocycles. The van der Waals surface area contributed by atoms with Gasteiger partial charge in [0.15, 0.2) is 0 Å². The van der Waals surface area contributed by atoms with Gasteiger partial charge in [-0.25, -0.2) is 4.79 Å². The van der Waals surface area contributed by atoms with E-state index < -0.39 is 11.7 Å². The Balaban J connectivity index is 1.76. The average molecular weight is 389 g/mol. The first kappa shape index (κ1) is 18.7. The van der Waals surface area contributed by atoms with Crippen LogP contribution >= 0.6 is 11.3 Å². The molecular formula is C18H19N3O5S. The van der Waals surface area contributed by atoms with Crippen LogP contribution in [0, 0.1) is 0 Å². The second kappa shape index (κ2) is 8.54. The molecule has 0 aliphatic rings. The van der Waals surface area contributed by atoms with Gasteiger partial charge in [0.1, 0.15) is 18.0 Å². The maximum absolute atomic E-state index is 12.4. The molecule has 9 heteroatoms. The summed E-state index contributed by atoms with van der Waals surface area (Å²) in [6.45, 7) is 4.39. The molecule has 0 saturated heterocycles. The second-order valence-electron chi connectivity index (χ2n) is 5.38. The molecule has 0 atom stereocenters. The molecule has 1 aromatic carbocycles. The highest BCUT2D eigenvalue weighted by atomic mass is 32.1. The van der Waals surface area contributed by atoms with Gasteiger partial charge in [-0.05, 0) is 37.4 Å². The average Bonchev–Trinajstić information content (AvgIpc) is 3.28. The molecule has 0 bridgehead atoms. The van der Waals surface area contributed by atoms with Gasteiger partial charge in [-0.3, -0.25) is 4.79 Å². The number of rotatable bonds is 8. The van der Waals surface area contributed by atoms with E-state index in [1.165, 1.54) is 11.3 Å². The fourth-order valence-corrected chi connectivity index (χ4v) is 3.02. The summed E-state index contributed by atoms with van der Waals surface area (Å²) in [5.41, 5.74) is 0.461. The highest BCUT2D eigenvalue weighted by molar-refractivity contribution is 7.13. The molecule has 0 spiro atoms. The minimum atomic E-state index is -0.693. The predicted octanol–water partition coefficient (Wildman–Crippen LogP) is 3.00. The fourth-order valence-electron chi connectivity index (χ4n) is 2.38. The molecule has 0 unspecified atom stereocenters. The van der Waals surface area contributed by atoms with Crippen LogP contribution in [-0.2, 0) is 11.3 Å². The van der Waals surface area contributed by atoms with Gasteiger partial charge in [0, 0.05) is 6.07 Å². The first-order valence-corrected chi connectivity index (χ1v) is 9.30. The molecule has 27 heavy (non-hydrogen) atoms. The van der Waals surface area contributed by atoms with Gasteiger partial charge in [-0.1, -0.05) is 6.07 Å². The summed E-state index contributed by atoms with van der Waals surface area (Å²) in [7, 11) is 0. The predicted molar refractivity (Wildman–Crippen MR) is 101 cm³/mol. The van der Waals surface area contributed by atoms with E-state index in [1.807, 2.05) is 25.3 Å². The summed E-state index contributed by atoms with van der Waals surface area (Å²) in [4.78, 5) is 25.1. The van der Waals surface area contributed by atoms with Gasteiger partial charge >= 0.3 is 5.76 Å². The maximum atomic E-state index is 12.4. The molecule has 1 N–H and O–H groups in total. The Morgan fingerprint density at radius 2 is 2.07 bits per heavy atom. The van der Waals surface area contributed by atoms with Crippen molar-refractivity contribution in [3.05, 3.63) is 46.3 Å². The van der Waals surface area contributed by atoms with Crippen LogP contribution in [-0.4, -0.2) is 28.9 Å². The Morgan fingerprint density at radius 3 is 2.78 bits per heavy atom.